The highest BCUT2D eigenvalue weighted by Gasteiger charge is 2.09. The largest absolute Gasteiger partial charge is 0.496 e. The van der Waals surface area contributed by atoms with Gasteiger partial charge < -0.3 is 19.9 Å². The van der Waals surface area contributed by atoms with Gasteiger partial charge in [0, 0.05) is 18.9 Å². The number of hydrogen-bond donors (Lipinski definition) is 1. The summed E-state index contributed by atoms with van der Waals surface area (Å²) in [4.78, 5) is 4.52. The van der Waals surface area contributed by atoms with Crippen molar-refractivity contribution in [3.8, 4) is 11.5 Å². The van der Waals surface area contributed by atoms with Gasteiger partial charge in [0.2, 0.25) is 0 Å². The Morgan fingerprint density at radius 3 is 2.60 bits per heavy atom. The molecule has 3 rings (SSSR count). The third-order valence-corrected chi connectivity index (χ3v) is 4.03. The minimum atomic E-state index is 0.512. The number of ether oxygens (including phenoxy) is 3. The molecule has 0 fully saturated rings. The third kappa shape index (κ3) is 4.00. The SMILES string of the molecule is COCCOc1ccc2nc(N)c(Cc3ccccc3OC)cc2c1. The summed E-state index contributed by atoms with van der Waals surface area (Å²) in [5.41, 5.74) is 9.05. The molecule has 0 amide bonds. The summed E-state index contributed by atoms with van der Waals surface area (Å²) < 4.78 is 16.1. The maximum Gasteiger partial charge on any atom is 0.127 e. The van der Waals surface area contributed by atoms with Gasteiger partial charge in [-0.2, -0.15) is 0 Å². The Hall–Kier alpha value is -2.79. The van der Waals surface area contributed by atoms with E-state index in [2.05, 4.69) is 11.1 Å². The normalized spacial score (nSPS) is 10.8. The summed E-state index contributed by atoms with van der Waals surface area (Å²) in [6, 6.07) is 15.8. The van der Waals surface area contributed by atoms with Crippen molar-refractivity contribution in [3.05, 3.63) is 59.7 Å². The van der Waals surface area contributed by atoms with Crippen LogP contribution in [0.2, 0.25) is 0 Å². The second kappa shape index (κ2) is 7.85. The standard InChI is InChI=1S/C20H22N2O3/c1-23-9-10-25-17-7-8-18-15(13-17)12-16(20(21)22-18)11-14-5-3-4-6-19(14)24-2/h3-8,12-13H,9-11H2,1-2H3,(H2,21,22). The van der Waals surface area contributed by atoms with Crippen LogP contribution in [0.15, 0.2) is 48.5 Å². The Morgan fingerprint density at radius 1 is 0.960 bits per heavy atom. The minimum Gasteiger partial charge on any atom is -0.496 e. The summed E-state index contributed by atoms with van der Waals surface area (Å²) >= 11 is 0. The molecule has 3 aromatic rings. The number of methoxy groups -OCH3 is 2. The van der Waals surface area contributed by atoms with Crippen molar-refractivity contribution in [2.75, 3.05) is 33.2 Å². The molecule has 0 aliphatic heterocycles. The molecule has 2 N–H and O–H groups in total. The zero-order valence-corrected chi connectivity index (χ0v) is 14.5. The van der Waals surface area contributed by atoms with Crippen molar-refractivity contribution in [1.29, 1.82) is 0 Å². The van der Waals surface area contributed by atoms with E-state index in [9.17, 15) is 0 Å². The van der Waals surface area contributed by atoms with E-state index in [0.29, 0.717) is 25.5 Å². The highest BCUT2D eigenvalue weighted by molar-refractivity contribution is 5.83. The molecule has 0 saturated carbocycles. The van der Waals surface area contributed by atoms with Crippen molar-refractivity contribution in [3.63, 3.8) is 0 Å². The Morgan fingerprint density at radius 2 is 1.80 bits per heavy atom. The van der Waals surface area contributed by atoms with Crippen LogP contribution in [0.1, 0.15) is 11.1 Å². The molecule has 0 atom stereocenters. The first-order valence-electron chi connectivity index (χ1n) is 8.14. The molecule has 0 aliphatic carbocycles. The zero-order valence-electron chi connectivity index (χ0n) is 14.5. The fourth-order valence-corrected chi connectivity index (χ4v) is 2.74. The Balaban J connectivity index is 1.91. The number of nitrogens with zero attached hydrogens (tertiary/aromatic N) is 1. The van der Waals surface area contributed by atoms with Gasteiger partial charge in [-0.25, -0.2) is 4.98 Å². The highest BCUT2D eigenvalue weighted by Crippen LogP contribution is 2.27. The number of pyridine rings is 1. The van der Waals surface area contributed by atoms with Gasteiger partial charge in [-0.05, 0) is 41.5 Å². The first kappa shape index (κ1) is 17.0. The third-order valence-electron chi connectivity index (χ3n) is 4.03. The molecule has 1 aromatic heterocycles. The first-order chi connectivity index (χ1) is 12.2. The minimum absolute atomic E-state index is 0.512. The quantitative estimate of drug-likeness (QED) is 0.669. The van der Waals surface area contributed by atoms with Gasteiger partial charge in [-0.15, -0.1) is 0 Å². The van der Waals surface area contributed by atoms with Gasteiger partial charge in [-0.1, -0.05) is 18.2 Å². The summed E-state index contributed by atoms with van der Waals surface area (Å²) in [6.07, 6.45) is 0.660. The molecule has 0 bridgehead atoms. The van der Waals surface area contributed by atoms with Gasteiger partial charge >= 0.3 is 0 Å². The summed E-state index contributed by atoms with van der Waals surface area (Å²) in [5, 5.41) is 0.994. The number of nitrogens with two attached hydrogens (primary N) is 1. The van der Waals surface area contributed by atoms with E-state index < -0.39 is 0 Å². The van der Waals surface area contributed by atoms with Gasteiger partial charge in [0.1, 0.15) is 23.9 Å². The lowest BCUT2D eigenvalue weighted by atomic mass is 10.0. The number of nitrogen functional groups attached to an aromatic ring is 1. The van der Waals surface area contributed by atoms with E-state index in [0.717, 1.165) is 33.5 Å². The van der Waals surface area contributed by atoms with Crippen LogP contribution >= 0.6 is 0 Å². The van der Waals surface area contributed by atoms with Gasteiger partial charge in [0.05, 0.1) is 19.2 Å². The Labute approximate surface area is 147 Å². The van der Waals surface area contributed by atoms with Crippen molar-refractivity contribution in [1.82, 2.24) is 4.98 Å². The number of rotatable bonds is 7. The van der Waals surface area contributed by atoms with E-state index in [1.54, 1.807) is 14.2 Å². The molecule has 2 aromatic carbocycles. The van der Waals surface area contributed by atoms with Gasteiger partial charge in [0.15, 0.2) is 0 Å². The fourth-order valence-electron chi connectivity index (χ4n) is 2.74. The maximum atomic E-state index is 6.16. The average Bonchev–Trinajstić information content (AvgIpc) is 2.63. The number of para-hydroxylation sites is 1. The molecular formula is C20H22N2O3. The van der Waals surface area contributed by atoms with Crippen LogP contribution in [0.4, 0.5) is 5.82 Å². The highest BCUT2D eigenvalue weighted by atomic mass is 16.5. The molecule has 0 aliphatic rings. The van der Waals surface area contributed by atoms with Gasteiger partial charge in [0.25, 0.3) is 0 Å². The van der Waals surface area contributed by atoms with Crippen molar-refractivity contribution < 1.29 is 14.2 Å². The lowest BCUT2D eigenvalue weighted by molar-refractivity contribution is 0.146. The van der Waals surface area contributed by atoms with Crippen LogP contribution in [-0.2, 0) is 11.2 Å². The fraction of sp³-hybridized carbons (Fsp3) is 0.250. The van der Waals surface area contributed by atoms with Crippen LogP contribution < -0.4 is 15.2 Å². The molecule has 0 spiro atoms. The molecule has 5 nitrogen and oxygen atoms in total. The van der Waals surface area contributed by atoms with E-state index in [1.165, 1.54) is 0 Å². The lowest BCUT2D eigenvalue weighted by Gasteiger charge is -2.11. The van der Waals surface area contributed by atoms with Crippen LogP contribution in [0.25, 0.3) is 10.9 Å². The molecule has 0 unspecified atom stereocenters. The molecule has 1 heterocycles. The number of fused-ring (bicyclic) bond motifs is 1. The Kier molecular flexibility index (Phi) is 5.36. The first-order valence-corrected chi connectivity index (χ1v) is 8.14. The van der Waals surface area contributed by atoms with Crippen LogP contribution in [-0.4, -0.2) is 32.4 Å². The van der Waals surface area contributed by atoms with Crippen LogP contribution in [0.5, 0.6) is 11.5 Å². The molecule has 0 saturated heterocycles. The van der Waals surface area contributed by atoms with Gasteiger partial charge in [-0.3, -0.25) is 0 Å². The molecule has 5 heteroatoms. The smallest absolute Gasteiger partial charge is 0.127 e. The Bertz CT molecular complexity index is 865. The molecule has 130 valence electrons. The van der Waals surface area contributed by atoms with E-state index >= 15 is 0 Å². The predicted octanol–water partition coefficient (Wildman–Crippen LogP) is 3.44. The van der Waals surface area contributed by atoms with Crippen molar-refractivity contribution in [2.45, 2.75) is 6.42 Å². The van der Waals surface area contributed by atoms with Crippen molar-refractivity contribution in [2.24, 2.45) is 0 Å². The zero-order chi connectivity index (χ0) is 17.6. The van der Waals surface area contributed by atoms with E-state index in [4.69, 9.17) is 19.9 Å². The van der Waals surface area contributed by atoms with E-state index in [1.807, 2.05) is 42.5 Å². The second-order valence-electron chi connectivity index (χ2n) is 5.72. The monoisotopic (exact) mass is 338 g/mol. The predicted molar refractivity (Wildman–Crippen MR) is 99.3 cm³/mol. The number of aromatic nitrogens is 1. The lowest BCUT2D eigenvalue weighted by Crippen LogP contribution is -2.04. The van der Waals surface area contributed by atoms with E-state index in [-0.39, 0.29) is 0 Å². The number of benzene rings is 2. The molecule has 25 heavy (non-hydrogen) atoms. The van der Waals surface area contributed by atoms with Crippen molar-refractivity contribution >= 4 is 16.7 Å². The topological polar surface area (TPSA) is 66.6 Å². The molecular weight excluding hydrogens is 316 g/mol. The second-order valence-corrected chi connectivity index (χ2v) is 5.72. The van der Waals surface area contributed by atoms with Crippen LogP contribution in [0, 0.1) is 0 Å². The maximum absolute atomic E-state index is 6.16. The number of hydrogen-bond acceptors (Lipinski definition) is 5. The van der Waals surface area contributed by atoms with Crippen LogP contribution in [0.3, 0.4) is 0 Å². The average molecular weight is 338 g/mol. The molecule has 0 radical (unpaired) electrons. The summed E-state index contributed by atoms with van der Waals surface area (Å²) in [7, 11) is 3.32. The summed E-state index contributed by atoms with van der Waals surface area (Å²) in [5.74, 6) is 2.17. The summed E-state index contributed by atoms with van der Waals surface area (Å²) in [6.45, 7) is 1.07. The number of anilines is 1.